The van der Waals surface area contributed by atoms with Crippen LogP contribution in [-0.4, -0.2) is 23.8 Å². The predicted molar refractivity (Wildman–Crippen MR) is 95.3 cm³/mol. The number of benzene rings is 1. The fourth-order valence-electron chi connectivity index (χ4n) is 2.03. The van der Waals surface area contributed by atoms with Crippen LogP contribution in [0.4, 0.5) is 5.69 Å². The molecule has 0 radical (unpaired) electrons. The van der Waals surface area contributed by atoms with Gasteiger partial charge in [-0.25, -0.2) is 4.98 Å². The normalized spacial score (nSPS) is 11.1. The SMILES string of the molecule is COc1ccc(C(C)(C)C)cc1NC(=O)CSc1ccccn1. The van der Waals surface area contributed by atoms with Gasteiger partial charge in [-0.1, -0.05) is 44.7 Å². The van der Waals surface area contributed by atoms with Gasteiger partial charge in [0.1, 0.15) is 5.75 Å². The van der Waals surface area contributed by atoms with Crippen LogP contribution in [0.5, 0.6) is 5.75 Å². The summed E-state index contributed by atoms with van der Waals surface area (Å²) in [6.07, 6.45) is 1.72. The lowest BCUT2D eigenvalue weighted by Gasteiger charge is -2.21. The summed E-state index contributed by atoms with van der Waals surface area (Å²) in [5.41, 5.74) is 1.85. The fourth-order valence-corrected chi connectivity index (χ4v) is 2.69. The highest BCUT2D eigenvalue weighted by Crippen LogP contribution is 2.31. The monoisotopic (exact) mass is 330 g/mol. The number of pyridine rings is 1. The summed E-state index contributed by atoms with van der Waals surface area (Å²) in [5.74, 6) is 0.888. The zero-order valence-corrected chi connectivity index (χ0v) is 14.7. The highest BCUT2D eigenvalue weighted by atomic mass is 32.2. The van der Waals surface area contributed by atoms with Crippen molar-refractivity contribution >= 4 is 23.4 Å². The average Bonchev–Trinajstić information content (AvgIpc) is 2.53. The molecule has 1 amide bonds. The number of amides is 1. The smallest absolute Gasteiger partial charge is 0.234 e. The van der Waals surface area contributed by atoms with Crippen LogP contribution in [0.15, 0.2) is 47.6 Å². The minimum atomic E-state index is -0.0787. The molecule has 1 aromatic heterocycles. The first-order chi connectivity index (χ1) is 10.9. The van der Waals surface area contributed by atoms with Crippen LogP contribution in [0, 0.1) is 0 Å². The third kappa shape index (κ3) is 4.99. The van der Waals surface area contributed by atoms with Gasteiger partial charge in [0.05, 0.1) is 23.6 Å². The zero-order valence-electron chi connectivity index (χ0n) is 13.9. The Labute approximate surface area is 141 Å². The Kier molecular flexibility index (Phi) is 5.66. The molecule has 0 unspecified atom stereocenters. The molecule has 1 aromatic carbocycles. The number of hydrogen-bond donors (Lipinski definition) is 1. The van der Waals surface area contributed by atoms with Crippen molar-refractivity contribution in [2.24, 2.45) is 0 Å². The highest BCUT2D eigenvalue weighted by Gasteiger charge is 2.17. The van der Waals surface area contributed by atoms with Crippen LogP contribution in [-0.2, 0) is 10.2 Å². The van der Waals surface area contributed by atoms with E-state index in [-0.39, 0.29) is 11.3 Å². The molecule has 23 heavy (non-hydrogen) atoms. The molecule has 0 aliphatic carbocycles. The number of hydrogen-bond acceptors (Lipinski definition) is 4. The summed E-state index contributed by atoms with van der Waals surface area (Å²) in [5, 5.41) is 3.76. The van der Waals surface area contributed by atoms with Crippen molar-refractivity contribution in [3.05, 3.63) is 48.2 Å². The van der Waals surface area contributed by atoms with Crippen LogP contribution < -0.4 is 10.1 Å². The molecule has 0 aliphatic heterocycles. The average molecular weight is 330 g/mol. The van der Waals surface area contributed by atoms with Crippen LogP contribution in [0.25, 0.3) is 0 Å². The van der Waals surface area contributed by atoms with E-state index in [1.54, 1.807) is 13.3 Å². The number of ether oxygens (including phenoxy) is 1. The Hall–Kier alpha value is -2.01. The molecule has 0 spiro atoms. The van der Waals surface area contributed by atoms with Crippen molar-refractivity contribution in [3.8, 4) is 5.75 Å². The van der Waals surface area contributed by atoms with Crippen molar-refractivity contribution in [1.29, 1.82) is 0 Å². The number of anilines is 1. The first kappa shape index (κ1) is 17.3. The van der Waals surface area contributed by atoms with Gasteiger partial charge in [0, 0.05) is 6.20 Å². The summed E-state index contributed by atoms with van der Waals surface area (Å²) >= 11 is 1.41. The van der Waals surface area contributed by atoms with Crippen LogP contribution >= 0.6 is 11.8 Å². The van der Waals surface area contributed by atoms with E-state index in [0.29, 0.717) is 17.2 Å². The highest BCUT2D eigenvalue weighted by molar-refractivity contribution is 7.99. The molecule has 2 aromatic rings. The van der Waals surface area contributed by atoms with Crippen LogP contribution in [0.2, 0.25) is 0 Å². The molecular weight excluding hydrogens is 308 g/mol. The molecule has 1 heterocycles. The predicted octanol–water partition coefficient (Wildman–Crippen LogP) is 4.12. The van der Waals surface area contributed by atoms with Crippen molar-refractivity contribution in [3.63, 3.8) is 0 Å². The lowest BCUT2D eigenvalue weighted by Crippen LogP contribution is -2.17. The second-order valence-electron chi connectivity index (χ2n) is 6.17. The van der Waals surface area contributed by atoms with Crippen molar-refractivity contribution < 1.29 is 9.53 Å². The van der Waals surface area contributed by atoms with Gasteiger partial charge in [-0.15, -0.1) is 0 Å². The van der Waals surface area contributed by atoms with Crippen molar-refractivity contribution in [2.75, 3.05) is 18.2 Å². The van der Waals surface area contributed by atoms with E-state index >= 15 is 0 Å². The van der Waals surface area contributed by atoms with Gasteiger partial charge in [0.15, 0.2) is 0 Å². The molecule has 4 nitrogen and oxygen atoms in total. The van der Waals surface area contributed by atoms with E-state index < -0.39 is 0 Å². The van der Waals surface area contributed by atoms with E-state index in [2.05, 4.69) is 31.1 Å². The van der Waals surface area contributed by atoms with Gasteiger partial charge in [-0.05, 0) is 35.2 Å². The second kappa shape index (κ2) is 7.51. The quantitative estimate of drug-likeness (QED) is 0.838. The summed E-state index contributed by atoms with van der Waals surface area (Å²) in [6, 6.07) is 11.5. The number of carbonyl (C=O) groups excluding carboxylic acids is 1. The Morgan fingerprint density at radius 1 is 1.26 bits per heavy atom. The summed E-state index contributed by atoms with van der Waals surface area (Å²) < 4.78 is 5.34. The maximum Gasteiger partial charge on any atom is 0.234 e. The van der Waals surface area contributed by atoms with Gasteiger partial charge in [-0.3, -0.25) is 4.79 Å². The zero-order chi connectivity index (χ0) is 16.9. The Morgan fingerprint density at radius 3 is 2.65 bits per heavy atom. The maximum atomic E-state index is 12.2. The molecule has 0 bridgehead atoms. The Bertz CT molecular complexity index is 666. The Morgan fingerprint density at radius 2 is 2.04 bits per heavy atom. The lowest BCUT2D eigenvalue weighted by molar-refractivity contribution is -0.113. The molecule has 5 heteroatoms. The first-order valence-electron chi connectivity index (χ1n) is 7.42. The third-order valence-electron chi connectivity index (χ3n) is 3.33. The van der Waals surface area contributed by atoms with E-state index in [4.69, 9.17) is 4.74 Å². The minimum absolute atomic E-state index is 0.00839. The standard InChI is InChI=1S/C18H22N2O2S/c1-18(2,3)13-8-9-15(22-4)14(11-13)20-16(21)12-23-17-7-5-6-10-19-17/h5-11H,12H2,1-4H3,(H,20,21). The fraction of sp³-hybridized carbons (Fsp3) is 0.333. The molecular formula is C18H22N2O2S. The number of thioether (sulfide) groups is 1. The van der Waals surface area contributed by atoms with Crippen molar-refractivity contribution in [1.82, 2.24) is 4.98 Å². The number of nitrogens with zero attached hydrogens (tertiary/aromatic N) is 1. The number of methoxy groups -OCH3 is 1. The van der Waals surface area contributed by atoms with E-state index in [9.17, 15) is 4.79 Å². The maximum absolute atomic E-state index is 12.2. The van der Waals surface area contributed by atoms with Crippen LogP contribution in [0.3, 0.4) is 0 Å². The number of rotatable bonds is 5. The topological polar surface area (TPSA) is 51.2 Å². The Balaban J connectivity index is 2.07. The van der Waals surface area contributed by atoms with Gasteiger partial charge >= 0.3 is 0 Å². The molecule has 1 N–H and O–H groups in total. The second-order valence-corrected chi connectivity index (χ2v) is 7.17. The van der Waals surface area contributed by atoms with E-state index in [1.165, 1.54) is 11.8 Å². The number of aromatic nitrogens is 1. The molecule has 0 saturated heterocycles. The van der Waals surface area contributed by atoms with Gasteiger partial charge < -0.3 is 10.1 Å². The molecule has 0 saturated carbocycles. The van der Waals surface area contributed by atoms with E-state index in [1.807, 2.05) is 36.4 Å². The molecule has 0 aliphatic rings. The lowest BCUT2D eigenvalue weighted by atomic mass is 9.87. The van der Waals surface area contributed by atoms with Gasteiger partial charge in [-0.2, -0.15) is 0 Å². The van der Waals surface area contributed by atoms with Crippen LogP contribution in [0.1, 0.15) is 26.3 Å². The summed E-state index contributed by atoms with van der Waals surface area (Å²) in [4.78, 5) is 16.4. The van der Waals surface area contributed by atoms with Crippen molar-refractivity contribution in [2.45, 2.75) is 31.2 Å². The van der Waals surface area contributed by atoms with Gasteiger partial charge in [0.25, 0.3) is 0 Å². The van der Waals surface area contributed by atoms with E-state index in [0.717, 1.165) is 10.6 Å². The number of nitrogens with one attached hydrogen (secondary N) is 1. The summed E-state index contributed by atoms with van der Waals surface area (Å²) in [7, 11) is 1.60. The molecule has 0 atom stereocenters. The first-order valence-corrected chi connectivity index (χ1v) is 8.41. The number of carbonyl (C=O) groups is 1. The molecule has 0 fully saturated rings. The molecule has 122 valence electrons. The summed E-state index contributed by atoms with van der Waals surface area (Å²) in [6.45, 7) is 6.41. The van der Waals surface area contributed by atoms with Gasteiger partial charge in [0.2, 0.25) is 5.91 Å². The minimum Gasteiger partial charge on any atom is -0.495 e. The molecule has 2 rings (SSSR count). The third-order valence-corrected chi connectivity index (χ3v) is 4.27. The largest absolute Gasteiger partial charge is 0.495 e.